The first-order valence-corrected chi connectivity index (χ1v) is 7.14. The summed E-state index contributed by atoms with van der Waals surface area (Å²) >= 11 is 0. The lowest BCUT2D eigenvalue weighted by Crippen LogP contribution is -2.64. The van der Waals surface area contributed by atoms with Gasteiger partial charge in [0, 0.05) is 13.1 Å². The third-order valence-electron chi connectivity index (χ3n) is 4.49. The van der Waals surface area contributed by atoms with Crippen molar-refractivity contribution in [3.05, 3.63) is 0 Å². The predicted molar refractivity (Wildman–Crippen MR) is 77.8 cm³/mol. The molecule has 1 atom stereocenters. The molecule has 0 radical (unpaired) electrons. The molecule has 0 aromatic rings. The standard InChI is InChI=1S/C14H25N3O4/c1-6-9-10(18)15-7-8-17(9)12(21)16-14(4,5)13(2,3)11(19)20/h9H,6-8H2,1-5H3,(H,15,18)(H,16,21)(H,19,20). The maximum absolute atomic E-state index is 12.4. The Balaban J connectivity index is 2.89. The van der Waals surface area contributed by atoms with E-state index in [0.29, 0.717) is 19.5 Å². The van der Waals surface area contributed by atoms with Gasteiger partial charge in [-0.25, -0.2) is 4.79 Å². The van der Waals surface area contributed by atoms with E-state index in [1.165, 1.54) is 4.90 Å². The molecule has 1 unspecified atom stereocenters. The highest BCUT2D eigenvalue weighted by Gasteiger charge is 2.45. The fourth-order valence-electron chi connectivity index (χ4n) is 2.13. The highest BCUT2D eigenvalue weighted by molar-refractivity contribution is 5.88. The molecule has 0 saturated carbocycles. The van der Waals surface area contributed by atoms with E-state index in [4.69, 9.17) is 0 Å². The topological polar surface area (TPSA) is 98.7 Å². The van der Waals surface area contributed by atoms with Gasteiger partial charge in [0.2, 0.25) is 5.91 Å². The molecule has 1 heterocycles. The van der Waals surface area contributed by atoms with E-state index in [2.05, 4.69) is 10.6 Å². The van der Waals surface area contributed by atoms with Crippen molar-refractivity contribution in [2.24, 2.45) is 5.41 Å². The number of rotatable bonds is 4. The number of amides is 3. The number of piperazine rings is 1. The zero-order chi connectivity index (χ0) is 16.4. The highest BCUT2D eigenvalue weighted by atomic mass is 16.4. The summed E-state index contributed by atoms with van der Waals surface area (Å²) < 4.78 is 0. The van der Waals surface area contributed by atoms with Crippen LogP contribution in [-0.4, -0.2) is 52.6 Å². The van der Waals surface area contributed by atoms with E-state index in [9.17, 15) is 19.5 Å². The molecule has 1 rings (SSSR count). The first kappa shape index (κ1) is 17.3. The van der Waals surface area contributed by atoms with Crippen LogP contribution in [0.4, 0.5) is 4.79 Å². The molecule has 0 bridgehead atoms. The minimum Gasteiger partial charge on any atom is -0.481 e. The molecule has 1 fully saturated rings. The van der Waals surface area contributed by atoms with E-state index in [1.807, 2.05) is 6.92 Å². The predicted octanol–water partition coefficient (Wildman–Crippen LogP) is 0.796. The summed E-state index contributed by atoms with van der Waals surface area (Å²) in [6.07, 6.45) is 0.516. The Kier molecular flexibility index (Phi) is 4.86. The van der Waals surface area contributed by atoms with Crippen LogP contribution in [0.2, 0.25) is 0 Å². The number of hydrogen-bond acceptors (Lipinski definition) is 3. The molecule has 21 heavy (non-hydrogen) atoms. The van der Waals surface area contributed by atoms with Gasteiger partial charge in [-0.1, -0.05) is 6.92 Å². The number of urea groups is 1. The Bertz CT molecular complexity index is 446. The summed E-state index contributed by atoms with van der Waals surface area (Å²) in [6.45, 7) is 9.13. The van der Waals surface area contributed by atoms with Crippen molar-refractivity contribution in [2.75, 3.05) is 13.1 Å². The van der Waals surface area contributed by atoms with Gasteiger partial charge in [-0.15, -0.1) is 0 Å². The minimum absolute atomic E-state index is 0.172. The molecule has 1 aliphatic rings. The minimum atomic E-state index is -1.14. The fourth-order valence-corrected chi connectivity index (χ4v) is 2.13. The Morgan fingerprint density at radius 1 is 1.38 bits per heavy atom. The molecule has 0 aromatic carbocycles. The van der Waals surface area contributed by atoms with Crippen LogP contribution in [0.15, 0.2) is 0 Å². The Morgan fingerprint density at radius 2 is 1.95 bits per heavy atom. The summed E-state index contributed by atoms with van der Waals surface area (Å²) in [5.74, 6) is -1.16. The second-order valence-electron chi connectivity index (χ2n) is 6.39. The summed E-state index contributed by atoms with van der Waals surface area (Å²) in [7, 11) is 0. The molecule has 0 spiro atoms. The Hall–Kier alpha value is -1.79. The van der Waals surface area contributed by atoms with Crippen molar-refractivity contribution < 1.29 is 19.5 Å². The fraction of sp³-hybridized carbons (Fsp3) is 0.786. The lowest BCUT2D eigenvalue weighted by molar-refractivity contribution is -0.151. The van der Waals surface area contributed by atoms with Gasteiger partial charge < -0.3 is 20.6 Å². The van der Waals surface area contributed by atoms with Crippen molar-refractivity contribution in [3.63, 3.8) is 0 Å². The monoisotopic (exact) mass is 299 g/mol. The third kappa shape index (κ3) is 3.28. The average molecular weight is 299 g/mol. The van der Waals surface area contributed by atoms with Crippen molar-refractivity contribution in [1.29, 1.82) is 0 Å². The third-order valence-corrected chi connectivity index (χ3v) is 4.49. The lowest BCUT2D eigenvalue weighted by atomic mass is 9.74. The first-order chi connectivity index (χ1) is 9.54. The quantitative estimate of drug-likeness (QED) is 0.715. The second-order valence-corrected chi connectivity index (χ2v) is 6.39. The van der Waals surface area contributed by atoms with Crippen molar-refractivity contribution in [3.8, 4) is 0 Å². The van der Waals surface area contributed by atoms with E-state index in [1.54, 1.807) is 27.7 Å². The number of aliphatic carboxylic acids is 1. The first-order valence-electron chi connectivity index (χ1n) is 7.14. The van der Waals surface area contributed by atoms with Crippen LogP contribution in [0.1, 0.15) is 41.0 Å². The maximum Gasteiger partial charge on any atom is 0.318 e. The Labute approximate surface area is 125 Å². The smallest absolute Gasteiger partial charge is 0.318 e. The van der Waals surface area contributed by atoms with Gasteiger partial charge in [0.1, 0.15) is 6.04 Å². The number of hydrogen-bond donors (Lipinski definition) is 3. The molecule has 120 valence electrons. The van der Waals surface area contributed by atoms with Crippen molar-refractivity contribution >= 4 is 17.9 Å². The zero-order valence-electron chi connectivity index (χ0n) is 13.3. The molecule has 1 aliphatic heterocycles. The molecule has 1 saturated heterocycles. The van der Waals surface area contributed by atoms with Crippen LogP contribution >= 0.6 is 0 Å². The molecule has 7 heteroatoms. The lowest BCUT2D eigenvalue weighted by Gasteiger charge is -2.42. The van der Waals surface area contributed by atoms with E-state index < -0.39 is 29.0 Å². The van der Waals surface area contributed by atoms with Crippen molar-refractivity contribution in [1.82, 2.24) is 15.5 Å². The molecule has 3 N–H and O–H groups in total. The summed E-state index contributed by atoms with van der Waals surface area (Å²) in [5.41, 5.74) is -2.09. The number of carboxylic acid groups (broad SMARTS) is 1. The van der Waals surface area contributed by atoms with E-state index in [0.717, 1.165) is 0 Å². The molecule has 0 aromatic heterocycles. The second kappa shape index (κ2) is 5.91. The highest BCUT2D eigenvalue weighted by Crippen LogP contribution is 2.31. The molecular weight excluding hydrogens is 274 g/mol. The van der Waals surface area contributed by atoms with Gasteiger partial charge in [-0.2, -0.15) is 0 Å². The summed E-state index contributed by atoms with van der Waals surface area (Å²) in [4.78, 5) is 37.1. The number of carboxylic acids is 1. The van der Waals surface area contributed by atoms with Gasteiger partial charge >= 0.3 is 12.0 Å². The van der Waals surface area contributed by atoms with Gasteiger partial charge in [0.25, 0.3) is 0 Å². The number of nitrogens with one attached hydrogen (secondary N) is 2. The van der Waals surface area contributed by atoms with Crippen molar-refractivity contribution in [2.45, 2.75) is 52.6 Å². The van der Waals surface area contributed by atoms with Crippen LogP contribution < -0.4 is 10.6 Å². The number of carbonyl (C=O) groups is 3. The molecular formula is C14H25N3O4. The van der Waals surface area contributed by atoms with Gasteiger partial charge in [0.15, 0.2) is 0 Å². The molecule has 0 aliphatic carbocycles. The number of carbonyl (C=O) groups excluding carboxylic acids is 2. The zero-order valence-corrected chi connectivity index (χ0v) is 13.3. The number of nitrogens with zero attached hydrogens (tertiary/aromatic N) is 1. The van der Waals surface area contributed by atoms with Crippen LogP contribution in [0.3, 0.4) is 0 Å². The Morgan fingerprint density at radius 3 is 2.43 bits per heavy atom. The van der Waals surface area contributed by atoms with Gasteiger partial charge in [-0.3, -0.25) is 9.59 Å². The SMILES string of the molecule is CCC1C(=O)NCCN1C(=O)NC(C)(C)C(C)(C)C(=O)O. The van der Waals surface area contributed by atoms with Gasteiger partial charge in [-0.05, 0) is 34.1 Å². The van der Waals surface area contributed by atoms with Crippen LogP contribution in [0, 0.1) is 5.41 Å². The molecule has 7 nitrogen and oxygen atoms in total. The average Bonchev–Trinajstić information content (AvgIpc) is 2.37. The van der Waals surface area contributed by atoms with Crippen LogP contribution in [-0.2, 0) is 9.59 Å². The van der Waals surface area contributed by atoms with Gasteiger partial charge in [0.05, 0.1) is 11.0 Å². The summed E-state index contributed by atoms with van der Waals surface area (Å²) in [6, 6.07) is -0.918. The van der Waals surface area contributed by atoms with Crippen LogP contribution in [0.5, 0.6) is 0 Å². The normalized spacial score (nSPS) is 20.0. The van der Waals surface area contributed by atoms with E-state index >= 15 is 0 Å². The maximum atomic E-state index is 12.4. The summed E-state index contributed by atoms with van der Waals surface area (Å²) in [5, 5.41) is 14.8. The largest absolute Gasteiger partial charge is 0.481 e. The van der Waals surface area contributed by atoms with Crippen LogP contribution in [0.25, 0.3) is 0 Å². The van der Waals surface area contributed by atoms with E-state index in [-0.39, 0.29) is 5.91 Å². The molecule has 3 amide bonds.